The summed E-state index contributed by atoms with van der Waals surface area (Å²) in [5.41, 5.74) is 8.77. The summed E-state index contributed by atoms with van der Waals surface area (Å²) in [6.45, 7) is 17.4. The monoisotopic (exact) mass is 693 g/mol. The minimum Gasteiger partial charge on any atom is -0.654 e. The molecule has 0 aliphatic carbocycles. The number of hydrogen-bond acceptors (Lipinski definition) is 1. The number of aryl methyl sites for hydroxylation is 3. The van der Waals surface area contributed by atoms with E-state index in [1.165, 1.54) is 16.7 Å². The first-order chi connectivity index (χ1) is 18.8. The molecule has 0 amide bonds. The Morgan fingerprint density at radius 1 is 0.525 bits per heavy atom. The van der Waals surface area contributed by atoms with Gasteiger partial charge in [0.1, 0.15) is 5.75 Å². The molecule has 5 rings (SSSR count). The Balaban J connectivity index is 0.000000300. The van der Waals surface area contributed by atoms with Gasteiger partial charge in [-0.05, 0) is 26.8 Å². The molecule has 5 aromatic carbocycles. The van der Waals surface area contributed by atoms with E-state index < -0.39 is 0 Å². The molecule has 202 valence electrons. The van der Waals surface area contributed by atoms with Crippen LogP contribution in [0.3, 0.4) is 0 Å². The predicted octanol–water partition coefficient (Wildman–Crippen LogP) is 10.6. The van der Waals surface area contributed by atoms with Crippen LogP contribution >= 0.6 is 0 Å². The van der Waals surface area contributed by atoms with Gasteiger partial charge in [-0.25, -0.2) is 0 Å². The molecule has 3 heteroatoms. The van der Waals surface area contributed by atoms with Gasteiger partial charge >= 0.3 is 25.8 Å². The number of nitrogens with zero attached hydrogens (tertiary/aromatic N) is 1. The number of rotatable bonds is 3. The SMILES string of the molecule is COc1ccccc1[N-]c1c(C)cc(C)cc1C.[CH2-]c1ccccc1.[CH2-]c1ccccc1.[CH2-]c1ccccc1.[Hf+4]. The third-order valence-corrected chi connectivity index (χ3v) is 5.48. The van der Waals surface area contributed by atoms with Crippen molar-refractivity contribution >= 4 is 11.4 Å². The number of methoxy groups -OCH3 is 1. The molecule has 0 atom stereocenters. The molecule has 0 radical (unpaired) electrons. The van der Waals surface area contributed by atoms with Gasteiger partial charge in [-0.2, -0.15) is 73.9 Å². The van der Waals surface area contributed by atoms with Crippen molar-refractivity contribution in [1.82, 2.24) is 0 Å². The van der Waals surface area contributed by atoms with Gasteiger partial charge in [-0.3, -0.25) is 0 Å². The Labute approximate surface area is 261 Å². The summed E-state index contributed by atoms with van der Waals surface area (Å²) in [5.74, 6) is 0.803. The fourth-order valence-corrected chi connectivity index (χ4v) is 3.63. The Morgan fingerprint density at radius 3 is 1.20 bits per heavy atom. The van der Waals surface area contributed by atoms with Gasteiger partial charge in [0.15, 0.2) is 0 Å². The van der Waals surface area contributed by atoms with Gasteiger partial charge in [0, 0.05) is 0 Å². The predicted molar refractivity (Wildman–Crippen MR) is 169 cm³/mol. The number of benzene rings is 5. The molecule has 0 saturated heterocycles. The average Bonchev–Trinajstić information content (AvgIpc) is 2.93. The second-order valence-corrected chi connectivity index (χ2v) is 8.99. The number of ether oxygens (including phenoxy) is 1. The molecular formula is C37H39HfNO. The van der Waals surface area contributed by atoms with Crippen LogP contribution in [0.15, 0.2) is 127 Å². The van der Waals surface area contributed by atoms with Crippen LogP contribution in [0.4, 0.5) is 11.4 Å². The second kappa shape index (κ2) is 19.3. The van der Waals surface area contributed by atoms with Crippen molar-refractivity contribution in [3.05, 3.63) is 187 Å². The fraction of sp³-hybridized carbons (Fsp3) is 0.108. The Morgan fingerprint density at radius 2 is 0.875 bits per heavy atom. The summed E-state index contributed by atoms with van der Waals surface area (Å²) in [7, 11) is 1.67. The van der Waals surface area contributed by atoms with Crippen molar-refractivity contribution in [2.75, 3.05) is 7.11 Å². The Hall–Kier alpha value is -3.82. The van der Waals surface area contributed by atoms with E-state index in [1.54, 1.807) is 7.11 Å². The zero-order valence-corrected chi connectivity index (χ0v) is 27.7. The first-order valence-electron chi connectivity index (χ1n) is 12.8. The molecule has 0 spiro atoms. The molecule has 0 heterocycles. The first-order valence-corrected chi connectivity index (χ1v) is 12.8. The van der Waals surface area contributed by atoms with Crippen LogP contribution in [0.2, 0.25) is 0 Å². The van der Waals surface area contributed by atoms with Gasteiger partial charge in [0.05, 0.1) is 7.11 Å². The first kappa shape index (κ1) is 34.2. The van der Waals surface area contributed by atoms with Gasteiger partial charge in [0.2, 0.25) is 0 Å². The topological polar surface area (TPSA) is 23.3 Å². The van der Waals surface area contributed by atoms with Crippen LogP contribution in [0, 0.1) is 41.5 Å². The summed E-state index contributed by atoms with van der Waals surface area (Å²) in [6, 6.07) is 41.8. The zero-order chi connectivity index (χ0) is 28.5. The summed E-state index contributed by atoms with van der Waals surface area (Å²) in [6.07, 6.45) is 0. The molecule has 5 aromatic rings. The third-order valence-electron chi connectivity index (χ3n) is 5.48. The van der Waals surface area contributed by atoms with Crippen molar-refractivity contribution in [3.8, 4) is 5.75 Å². The van der Waals surface area contributed by atoms with Crippen LogP contribution in [-0.2, 0) is 25.8 Å². The van der Waals surface area contributed by atoms with Gasteiger partial charge in [-0.15, -0.1) is 42.1 Å². The zero-order valence-electron chi connectivity index (χ0n) is 24.1. The van der Waals surface area contributed by atoms with Crippen LogP contribution in [0.1, 0.15) is 33.4 Å². The molecule has 0 bridgehead atoms. The summed E-state index contributed by atoms with van der Waals surface area (Å²) in [4.78, 5) is 0. The Kier molecular flexibility index (Phi) is 16.5. The third kappa shape index (κ3) is 13.3. The molecule has 0 aliphatic heterocycles. The van der Waals surface area contributed by atoms with Crippen molar-refractivity contribution in [1.29, 1.82) is 0 Å². The van der Waals surface area contributed by atoms with Crippen LogP contribution in [0.25, 0.3) is 5.32 Å². The maximum atomic E-state index is 5.33. The second-order valence-electron chi connectivity index (χ2n) is 8.99. The maximum Gasteiger partial charge on any atom is 4.00 e. The van der Waals surface area contributed by atoms with E-state index in [0.717, 1.165) is 33.8 Å². The standard InChI is InChI=1S/C16H18NO.3C7H7.Hf/c1-11-9-12(2)16(13(3)10-11)17-14-7-5-6-8-15(14)18-4;3*1-7-5-3-2-4-6-7;/h5-10H,1-4H3;3*2-6H,1H2;/q4*-1;+4. The molecule has 0 fully saturated rings. The number of para-hydroxylation sites is 2. The molecule has 0 N–H and O–H groups in total. The fourth-order valence-electron chi connectivity index (χ4n) is 3.63. The van der Waals surface area contributed by atoms with Crippen LogP contribution in [-0.4, -0.2) is 7.11 Å². The van der Waals surface area contributed by atoms with E-state index in [0.29, 0.717) is 0 Å². The average molecular weight is 692 g/mol. The maximum absolute atomic E-state index is 5.33. The van der Waals surface area contributed by atoms with Crippen molar-refractivity contribution in [3.63, 3.8) is 0 Å². The molecule has 0 unspecified atom stereocenters. The normalized spacial score (nSPS) is 9.10. The largest absolute Gasteiger partial charge is 4.00 e. The van der Waals surface area contributed by atoms with Crippen molar-refractivity contribution < 1.29 is 30.6 Å². The molecule has 2 nitrogen and oxygen atoms in total. The van der Waals surface area contributed by atoms with Crippen LogP contribution in [0.5, 0.6) is 5.75 Å². The summed E-state index contributed by atoms with van der Waals surface area (Å²) < 4.78 is 5.33. The summed E-state index contributed by atoms with van der Waals surface area (Å²) in [5, 5.41) is 4.73. The molecule has 0 saturated carbocycles. The van der Waals surface area contributed by atoms with E-state index in [4.69, 9.17) is 10.1 Å². The van der Waals surface area contributed by atoms with E-state index >= 15 is 0 Å². The van der Waals surface area contributed by atoms with Gasteiger partial charge in [-0.1, -0.05) is 70.9 Å². The van der Waals surface area contributed by atoms with Crippen molar-refractivity contribution in [2.24, 2.45) is 0 Å². The van der Waals surface area contributed by atoms with Crippen LogP contribution < -0.4 is 4.74 Å². The molecule has 0 aromatic heterocycles. The van der Waals surface area contributed by atoms with Gasteiger partial charge < -0.3 is 10.1 Å². The quantitative estimate of drug-likeness (QED) is 0.136. The molecule has 40 heavy (non-hydrogen) atoms. The minimum absolute atomic E-state index is 0. The number of hydrogen-bond donors (Lipinski definition) is 0. The van der Waals surface area contributed by atoms with E-state index in [-0.39, 0.29) is 25.8 Å². The van der Waals surface area contributed by atoms with E-state index in [9.17, 15) is 0 Å². The molecule has 0 aliphatic rings. The van der Waals surface area contributed by atoms with E-state index in [2.05, 4.69) is 53.7 Å². The van der Waals surface area contributed by atoms with Crippen molar-refractivity contribution in [2.45, 2.75) is 20.8 Å². The van der Waals surface area contributed by atoms with E-state index in [1.807, 2.05) is 115 Å². The Bertz CT molecular complexity index is 1240. The van der Waals surface area contributed by atoms with Gasteiger partial charge in [0.25, 0.3) is 0 Å². The minimum atomic E-state index is 0. The summed E-state index contributed by atoms with van der Waals surface area (Å²) >= 11 is 0. The smallest absolute Gasteiger partial charge is 0.654 e. The molecular weight excluding hydrogens is 653 g/mol.